The van der Waals surface area contributed by atoms with Gasteiger partial charge in [-0.25, -0.2) is 0 Å². The molecule has 0 unspecified atom stereocenters. The van der Waals surface area contributed by atoms with E-state index in [-0.39, 0.29) is 0 Å². The molecule has 0 N–H and O–H groups in total. The highest BCUT2D eigenvalue weighted by atomic mass is 79.9. The summed E-state index contributed by atoms with van der Waals surface area (Å²) < 4.78 is 1.13. The summed E-state index contributed by atoms with van der Waals surface area (Å²) in [4.78, 5) is 1.25. The first kappa shape index (κ1) is 22.7. The van der Waals surface area contributed by atoms with Crippen molar-refractivity contribution in [1.82, 2.24) is 0 Å². The molecule has 0 aliphatic rings. The van der Waals surface area contributed by atoms with E-state index in [0.717, 1.165) is 3.79 Å². The fourth-order valence-corrected chi connectivity index (χ4v) is 6.29. The van der Waals surface area contributed by atoms with Gasteiger partial charge in [0.25, 0.3) is 0 Å². The molecule has 0 saturated heterocycles. The van der Waals surface area contributed by atoms with Crippen LogP contribution < -0.4 is 0 Å². The molecule has 0 aliphatic heterocycles. The van der Waals surface area contributed by atoms with Gasteiger partial charge in [0.2, 0.25) is 0 Å². The highest BCUT2D eigenvalue weighted by Crippen LogP contribution is 2.51. The van der Waals surface area contributed by atoms with Gasteiger partial charge in [-0.05, 0) is 78.6 Å². The summed E-state index contributed by atoms with van der Waals surface area (Å²) in [6.07, 6.45) is 0. The van der Waals surface area contributed by atoms with Crippen LogP contribution in [0.15, 0.2) is 143 Å². The summed E-state index contributed by atoms with van der Waals surface area (Å²) in [6, 6.07) is 49.9. The molecule has 172 valence electrons. The number of rotatable bonds is 5. The molecular formula is C34H23BrS. The number of thiophene rings is 1. The number of benzene rings is 5. The SMILES string of the molecule is Brc1ccc(-c2cc(-c3ccccc3)c(-c3ccccc3)c(-c3ccccc3)c2-c2ccccc2)s1. The van der Waals surface area contributed by atoms with Crippen LogP contribution in [-0.2, 0) is 0 Å². The van der Waals surface area contributed by atoms with E-state index in [9.17, 15) is 0 Å². The third-order valence-electron chi connectivity index (χ3n) is 6.44. The minimum atomic E-state index is 1.13. The lowest BCUT2D eigenvalue weighted by Gasteiger charge is -2.24. The zero-order chi connectivity index (χ0) is 24.3. The van der Waals surface area contributed by atoms with Crippen molar-refractivity contribution in [2.24, 2.45) is 0 Å². The lowest BCUT2D eigenvalue weighted by molar-refractivity contribution is 1.54. The molecule has 2 heteroatoms. The van der Waals surface area contributed by atoms with Gasteiger partial charge < -0.3 is 0 Å². The molecule has 0 saturated carbocycles. The normalized spacial score (nSPS) is 10.9. The molecule has 6 aromatic rings. The Kier molecular flexibility index (Phi) is 6.38. The van der Waals surface area contributed by atoms with E-state index in [2.05, 4.69) is 155 Å². The molecule has 5 aromatic carbocycles. The van der Waals surface area contributed by atoms with E-state index in [1.165, 1.54) is 54.9 Å². The maximum absolute atomic E-state index is 3.71. The van der Waals surface area contributed by atoms with E-state index >= 15 is 0 Å². The molecule has 0 bridgehead atoms. The van der Waals surface area contributed by atoms with Gasteiger partial charge in [-0.3, -0.25) is 0 Å². The third kappa shape index (κ3) is 4.35. The fourth-order valence-electron chi connectivity index (χ4n) is 4.88. The zero-order valence-electron chi connectivity index (χ0n) is 19.6. The summed E-state index contributed by atoms with van der Waals surface area (Å²) in [5.74, 6) is 0. The van der Waals surface area contributed by atoms with Crippen molar-refractivity contribution in [3.05, 3.63) is 143 Å². The average molecular weight is 544 g/mol. The van der Waals surface area contributed by atoms with Gasteiger partial charge in [0.05, 0.1) is 3.79 Å². The second-order valence-corrected chi connectivity index (χ2v) is 11.1. The molecule has 0 aliphatic carbocycles. The van der Waals surface area contributed by atoms with Gasteiger partial charge in [-0.15, -0.1) is 11.3 Å². The van der Waals surface area contributed by atoms with E-state index in [0.29, 0.717) is 0 Å². The predicted octanol–water partition coefficient (Wildman–Crippen LogP) is 10.8. The molecular weight excluding hydrogens is 520 g/mol. The van der Waals surface area contributed by atoms with E-state index in [1.807, 2.05) is 0 Å². The predicted molar refractivity (Wildman–Crippen MR) is 159 cm³/mol. The molecule has 0 atom stereocenters. The first-order valence-corrected chi connectivity index (χ1v) is 13.6. The van der Waals surface area contributed by atoms with Crippen molar-refractivity contribution in [3.8, 4) is 54.9 Å². The maximum atomic E-state index is 3.71. The summed E-state index contributed by atoms with van der Waals surface area (Å²) >= 11 is 5.48. The second kappa shape index (κ2) is 10.1. The molecule has 36 heavy (non-hydrogen) atoms. The van der Waals surface area contributed by atoms with E-state index < -0.39 is 0 Å². The van der Waals surface area contributed by atoms with Crippen molar-refractivity contribution in [1.29, 1.82) is 0 Å². The largest absolute Gasteiger partial charge is 0.128 e. The first-order chi connectivity index (χ1) is 17.8. The number of halogens is 1. The summed E-state index contributed by atoms with van der Waals surface area (Å²) in [6.45, 7) is 0. The molecule has 0 radical (unpaired) electrons. The Bertz CT molecular complexity index is 1600. The summed E-state index contributed by atoms with van der Waals surface area (Å²) in [5, 5.41) is 0. The highest BCUT2D eigenvalue weighted by molar-refractivity contribution is 9.11. The Morgan fingerprint density at radius 3 is 1.25 bits per heavy atom. The lowest BCUT2D eigenvalue weighted by Crippen LogP contribution is -1.97. The van der Waals surface area contributed by atoms with Crippen LogP contribution in [0.4, 0.5) is 0 Å². The van der Waals surface area contributed by atoms with Crippen LogP contribution in [0.1, 0.15) is 0 Å². The second-order valence-electron chi connectivity index (χ2n) is 8.66. The minimum Gasteiger partial charge on any atom is -0.128 e. The minimum absolute atomic E-state index is 1.13. The van der Waals surface area contributed by atoms with E-state index in [1.54, 1.807) is 11.3 Å². The van der Waals surface area contributed by atoms with E-state index in [4.69, 9.17) is 0 Å². The van der Waals surface area contributed by atoms with Crippen molar-refractivity contribution in [2.75, 3.05) is 0 Å². The van der Waals surface area contributed by atoms with Gasteiger partial charge in [0.1, 0.15) is 0 Å². The van der Waals surface area contributed by atoms with Crippen LogP contribution in [0, 0.1) is 0 Å². The van der Waals surface area contributed by atoms with Crippen LogP contribution >= 0.6 is 27.3 Å². The molecule has 1 aromatic heterocycles. The highest BCUT2D eigenvalue weighted by Gasteiger charge is 2.23. The number of hydrogen-bond donors (Lipinski definition) is 0. The molecule has 0 spiro atoms. The van der Waals surface area contributed by atoms with Crippen LogP contribution in [-0.4, -0.2) is 0 Å². The van der Waals surface area contributed by atoms with Crippen LogP contribution in [0.25, 0.3) is 54.9 Å². The fraction of sp³-hybridized carbons (Fsp3) is 0. The first-order valence-electron chi connectivity index (χ1n) is 12.0. The van der Waals surface area contributed by atoms with Crippen molar-refractivity contribution >= 4 is 27.3 Å². The standard InChI is InChI=1S/C34H23BrS/c35-31-22-21-30(36-31)29-23-28(24-13-5-1-6-14-24)32(25-15-7-2-8-16-25)34(27-19-11-4-12-20-27)33(29)26-17-9-3-10-18-26/h1-23H. The van der Waals surface area contributed by atoms with Gasteiger partial charge in [0, 0.05) is 10.4 Å². The Balaban J connectivity index is 1.84. The zero-order valence-corrected chi connectivity index (χ0v) is 22.0. The molecule has 0 amide bonds. The molecule has 0 fully saturated rings. The third-order valence-corrected chi connectivity index (χ3v) is 8.10. The lowest BCUT2D eigenvalue weighted by atomic mass is 9.80. The van der Waals surface area contributed by atoms with Crippen molar-refractivity contribution < 1.29 is 0 Å². The summed E-state index contributed by atoms with van der Waals surface area (Å²) in [7, 11) is 0. The van der Waals surface area contributed by atoms with Crippen LogP contribution in [0.2, 0.25) is 0 Å². The Morgan fingerprint density at radius 2 is 0.806 bits per heavy atom. The van der Waals surface area contributed by atoms with Crippen molar-refractivity contribution in [2.45, 2.75) is 0 Å². The van der Waals surface area contributed by atoms with Crippen LogP contribution in [0.3, 0.4) is 0 Å². The van der Waals surface area contributed by atoms with Gasteiger partial charge in [0.15, 0.2) is 0 Å². The Labute approximate surface area is 224 Å². The van der Waals surface area contributed by atoms with Gasteiger partial charge >= 0.3 is 0 Å². The monoisotopic (exact) mass is 542 g/mol. The molecule has 0 nitrogen and oxygen atoms in total. The molecule has 6 rings (SSSR count). The molecule has 1 heterocycles. The topological polar surface area (TPSA) is 0 Å². The number of hydrogen-bond acceptors (Lipinski definition) is 1. The van der Waals surface area contributed by atoms with Gasteiger partial charge in [-0.1, -0.05) is 121 Å². The smallest absolute Gasteiger partial charge is 0.0705 e. The Hall–Kier alpha value is -3.72. The Morgan fingerprint density at radius 1 is 0.389 bits per heavy atom. The van der Waals surface area contributed by atoms with Gasteiger partial charge in [-0.2, -0.15) is 0 Å². The average Bonchev–Trinajstić information content (AvgIpc) is 3.40. The summed E-state index contributed by atoms with van der Waals surface area (Å²) in [5.41, 5.74) is 11.1. The maximum Gasteiger partial charge on any atom is 0.0705 e. The van der Waals surface area contributed by atoms with Crippen LogP contribution in [0.5, 0.6) is 0 Å². The quantitative estimate of drug-likeness (QED) is 0.203. The van der Waals surface area contributed by atoms with Crippen molar-refractivity contribution in [3.63, 3.8) is 0 Å².